The molecule has 2 aliphatic heterocycles. The highest BCUT2D eigenvalue weighted by molar-refractivity contribution is 7.80. The predicted octanol–water partition coefficient (Wildman–Crippen LogP) is 3.00. The van der Waals surface area contributed by atoms with Crippen molar-refractivity contribution < 1.29 is 14.3 Å². The normalized spacial score (nSPS) is 19.2. The maximum Gasteiger partial charge on any atom is 0.252 e. The summed E-state index contributed by atoms with van der Waals surface area (Å²) in [6.45, 7) is 4.84. The fraction of sp³-hybridized carbons (Fsp3) is 0.375. The molecule has 1 unspecified atom stereocenters. The number of morpholine rings is 1. The van der Waals surface area contributed by atoms with Crippen LogP contribution in [0.5, 0.6) is 0 Å². The highest BCUT2D eigenvalue weighted by atomic mass is 35.5. The van der Waals surface area contributed by atoms with Gasteiger partial charge in [-0.3, -0.25) is 19.4 Å². The molecule has 2 aliphatic rings. The van der Waals surface area contributed by atoms with E-state index in [-0.39, 0.29) is 18.2 Å². The fourth-order valence-corrected chi connectivity index (χ4v) is 4.55. The number of hydrogen-bond acceptors (Lipinski definition) is 5. The van der Waals surface area contributed by atoms with Gasteiger partial charge in [0.05, 0.1) is 26.2 Å². The van der Waals surface area contributed by atoms with Crippen molar-refractivity contribution in [2.45, 2.75) is 19.0 Å². The summed E-state index contributed by atoms with van der Waals surface area (Å²) < 4.78 is 5.43. The topological polar surface area (TPSA) is 65.1 Å². The Morgan fingerprint density at radius 3 is 2.45 bits per heavy atom. The molecular formula is C24H27ClN4O3S. The SMILES string of the molecule is O=C(CC1C(=O)N(Cc2ccccc2)C(=S)N1CCN1CCOCC1)Nc1ccc(Cl)cc1. The zero-order valence-corrected chi connectivity index (χ0v) is 19.9. The summed E-state index contributed by atoms with van der Waals surface area (Å²) >= 11 is 11.6. The van der Waals surface area contributed by atoms with Gasteiger partial charge in [0.1, 0.15) is 6.04 Å². The van der Waals surface area contributed by atoms with Crippen LogP contribution >= 0.6 is 23.8 Å². The van der Waals surface area contributed by atoms with Crippen molar-refractivity contribution >= 4 is 46.4 Å². The third-order valence-corrected chi connectivity index (χ3v) is 6.56. The van der Waals surface area contributed by atoms with Gasteiger partial charge in [-0.05, 0) is 42.0 Å². The van der Waals surface area contributed by atoms with E-state index < -0.39 is 6.04 Å². The molecule has 0 aromatic heterocycles. The number of carbonyl (C=O) groups is 2. The van der Waals surface area contributed by atoms with Gasteiger partial charge < -0.3 is 15.0 Å². The maximum absolute atomic E-state index is 13.4. The van der Waals surface area contributed by atoms with Crippen LogP contribution in [0.2, 0.25) is 5.02 Å². The molecule has 2 aromatic rings. The number of carbonyl (C=O) groups excluding carboxylic acids is 2. The number of halogens is 1. The number of amides is 2. The molecule has 0 radical (unpaired) electrons. The van der Waals surface area contributed by atoms with Crippen LogP contribution in [-0.2, 0) is 20.9 Å². The molecule has 2 aromatic carbocycles. The van der Waals surface area contributed by atoms with E-state index in [0.717, 1.165) is 25.2 Å². The van der Waals surface area contributed by atoms with Crippen molar-refractivity contribution in [1.82, 2.24) is 14.7 Å². The second-order valence-electron chi connectivity index (χ2n) is 8.11. The largest absolute Gasteiger partial charge is 0.379 e. The highest BCUT2D eigenvalue weighted by Gasteiger charge is 2.43. The summed E-state index contributed by atoms with van der Waals surface area (Å²) in [5, 5.41) is 3.92. The Morgan fingerprint density at radius 2 is 1.76 bits per heavy atom. The van der Waals surface area contributed by atoms with Crippen LogP contribution in [0.4, 0.5) is 5.69 Å². The van der Waals surface area contributed by atoms with Crippen LogP contribution in [0.25, 0.3) is 0 Å². The van der Waals surface area contributed by atoms with Crippen LogP contribution in [-0.4, -0.2) is 77.1 Å². The Morgan fingerprint density at radius 1 is 1.06 bits per heavy atom. The quantitative estimate of drug-likeness (QED) is 0.579. The Bertz CT molecular complexity index is 983. The van der Waals surface area contributed by atoms with Gasteiger partial charge in [0.25, 0.3) is 5.91 Å². The Labute approximate surface area is 204 Å². The maximum atomic E-state index is 13.4. The molecule has 1 atom stereocenters. The van der Waals surface area contributed by atoms with E-state index in [1.165, 1.54) is 0 Å². The standard InChI is InChI=1S/C24H27ClN4O3S/c25-19-6-8-20(9-7-19)26-22(30)16-21-23(31)29(17-18-4-2-1-3-5-18)24(33)28(21)11-10-27-12-14-32-15-13-27/h1-9,21H,10-17H2,(H,26,30). The molecule has 0 saturated carbocycles. The lowest BCUT2D eigenvalue weighted by Gasteiger charge is -2.30. The molecule has 2 heterocycles. The first kappa shape index (κ1) is 23.6. The minimum absolute atomic E-state index is 0.0238. The molecule has 2 amide bonds. The Kier molecular flexibility index (Phi) is 7.93. The summed E-state index contributed by atoms with van der Waals surface area (Å²) in [6, 6.07) is 16.0. The van der Waals surface area contributed by atoms with Gasteiger partial charge in [-0.15, -0.1) is 0 Å². The first-order valence-corrected chi connectivity index (χ1v) is 11.8. The van der Waals surface area contributed by atoms with E-state index in [4.69, 9.17) is 28.6 Å². The number of ether oxygens (including phenoxy) is 1. The fourth-order valence-electron chi connectivity index (χ4n) is 4.05. The van der Waals surface area contributed by atoms with E-state index >= 15 is 0 Å². The smallest absolute Gasteiger partial charge is 0.252 e. The monoisotopic (exact) mass is 486 g/mol. The molecule has 2 fully saturated rings. The molecule has 2 saturated heterocycles. The number of benzene rings is 2. The van der Waals surface area contributed by atoms with E-state index in [1.807, 2.05) is 35.2 Å². The molecule has 9 heteroatoms. The molecule has 1 N–H and O–H groups in total. The summed E-state index contributed by atoms with van der Waals surface area (Å²) in [5.41, 5.74) is 1.63. The zero-order chi connectivity index (χ0) is 23.2. The third kappa shape index (κ3) is 6.09. The van der Waals surface area contributed by atoms with Crippen molar-refractivity contribution in [1.29, 1.82) is 0 Å². The lowest BCUT2D eigenvalue weighted by atomic mass is 10.1. The number of nitrogens with one attached hydrogen (secondary N) is 1. The first-order chi connectivity index (χ1) is 16.0. The van der Waals surface area contributed by atoms with Crippen molar-refractivity contribution in [3.63, 3.8) is 0 Å². The minimum Gasteiger partial charge on any atom is -0.379 e. The molecule has 0 aliphatic carbocycles. The molecule has 7 nitrogen and oxygen atoms in total. The second kappa shape index (κ2) is 11.1. The van der Waals surface area contributed by atoms with Gasteiger partial charge in [0.15, 0.2) is 5.11 Å². The van der Waals surface area contributed by atoms with Crippen molar-refractivity contribution in [2.75, 3.05) is 44.7 Å². The molecule has 33 heavy (non-hydrogen) atoms. The number of anilines is 1. The summed E-state index contributed by atoms with van der Waals surface area (Å²) in [5.74, 6) is -0.381. The van der Waals surface area contributed by atoms with Gasteiger partial charge in [-0.2, -0.15) is 0 Å². The van der Waals surface area contributed by atoms with Crippen LogP contribution in [0.1, 0.15) is 12.0 Å². The summed E-state index contributed by atoms with van der Waals surface area (Å²) in [6.07, 6.45) is 0.0238. The van der Waals surface area contributed by atoms with E-state index in [2.05, 4.69) is 10.2 Å². The van der Waals surface area contributed by atoms with E-state index in [0.29, 0.717) is 42.1 Å². The van der Waals surface area contributed by atoms with Crippen LogP contribution in [0.3, 0.4) is 0 Å². The number of nitrogens with zero attached hydrogens (tertiary/aromatic N) is 3. The van der Waals surface area contributed by atoms with Crippen molar-refractivity contribution in [2.24, 2.45) is 0 Å². The van der Waals surface area contributed by atoms with Crippen LogP contribution in [0, 0.1) is 0 Å². The van der Waals surface area contributed by atoms with Gasteiger partial charge in [-0.1, -0.05) is 41.9 Å². The molecule has 4 rings (SSSR count). The molecule has 174 valence electrons. The summed E-state index contributed by atoms with van der Waals surface area (Å²) in [7, 11) is 0. The van der Waals surface area contributed by atoms with Gasteiger partial charge in [0, 0.05) is 36.9 Å². The number of rotatable bonds is 8. The number of hydrogen-bond donors (Lipinski definition) is 1. The second-order valence-corrected chi connectivity index (χ2v) is 8.92. The van der Waals surface area contributed by atoms with Gasteiger partial charge in [-0.25, -0.2) is 0 Å². The third-order valence-electron chi connectivity index (χ3n) is 5.85. The predicted molar refractivity (Wildman–Crippen MR) is 132 cm³/mol. The first-order valence-electron chi connectivity index (χ1n) is 11.0. The average Bonchev–Trinajstić information content (AvgIpc) is 3.04. The van der Waals surface area contributed by atoms with Gasteiger partial charge in [0.2, 0.25) is 5.91 Å². The molecular weight excluding hydrogens is 460 g/mol. The lowest BCUT2D eigenvalue weighted by Crippen LogP contribution is -2.45. The zero-order valence-electron chi connectivity index (χ0n) is 18.3. The van der Waals surface area contributed by atoms with Crippen LogP contribution in [0.15, 0.2) is 54.6 Å². The summed E-state index contributed by atoms with van der Waals surface area (Å²) in [4.78, 5) is 32.0. The Hall–Kier alpha value is -2.52. The average molecular weight is 487 g/mol. The lowest BCUT2D eigenvalue weighted by molar-refractivity contribution is -0.131. The van der Waals surface area contributed by atoms with Gasteiger partial charge >= 0.3 is 0 Å². The minimum atomic E-state index is -0.630. The van der Waals surface area contributed by atoms with Crippen molar-refractivity contribution in [3.05, 3.63) is 65.2 Å². The van der Waals surface area contributed by atoms with E-state index in [1.54, 1.807) is 29.2 Å². The van der Waals surface area contributed by atoms with Crippen LogP contribution < -0.4 is 5.32 Å². The Balaban J connectivity index is 1.47. The molecule has 0 spiro atoms. The van der Waals surface area contributed by atoms with E-state index in [9.17, 15) is 9.59 Å². The van der Waals surface area contributed by atoms with Crippen molar-refractivity contribution in [3.8, 4) is 0 Å². The highest BCUT2D eigenvalue weighted by Crippen LogP contribution is 2.24. The number of thiocarbonyl (C=S) groups is 1. The molecule has 0 bridgehead atoms.